The first-order valence-electron chi connectivity index (χ1n) is 6.64. The van der Waals surface area contributed by atoms with Crippen molar-refractivity contribution in [1.82, 2.24) is 5.32 Å². The molecule has 1 fully saturated rings. The molecule has 0 aromatic heterocycles. The SMILES string of the molecule is CCNC1CCOCC1Cc1ccccc1C#N. The summed E-state index contributed by atoms with van der Waals surface area (Å²) in [5.41, 5.74) is 1.93. The van der Waals surface area contributed by atoms with Gasteiger partial charge in [-0.25, -0.2) is 0 Å². The summed E-state index contributed by atoms with van der Waals surface area (Å²) < 4.78 is 5.58. The standard InChI is InChI=1S/C15H20N2O/c1-2-17-15-7-8-18-11-14(15)9-12-5-3-4-6-13(12)10-16/h3-6,14-15,17H,2,7-9,11H2,1H3. The minimum Gasteiger partial charge on any atom is -0.381 e. The molecule has 3 heteroatoms. The third-order valence-electron chi connectivity index (χ3n) is 3.56. The van der Waals surface area contributed by atoms with Gasteiger partial charge in [0.2, 0.25) is 0 Å². The first-order chi connectivity index (χ1) is 8.85. The molecule has 1 aromatic carbocycles. The summed E-state index contributed by atoms with van der Waals surface area (Å²) in [6, 6.07) is 10.6. The lowest BCUT2D eigenvalue weighted by atomic mass is 9.88. The summed E-state index contributed by atoms with van der Waals surface area (Å²) in [7, 11) is 0. The molecule has 1 heterocycles. The molecule has 18 heavy (non-hydrogen) atoms. The van der Waals surface area contributed by atoms with E-state index in [1.54, 1.807) is 0 Å². The highest BCUT2D eigenvalue weighted by Crippen LogP contribution is 2.21. The molecule has 2 unspecified atom stereocenters. The first kappa shape index (κ1) is 13.1. The van der Waals surface area contributed by atoms with Crippen LogP contribution in [0.1, 0.15) is 24.5 Å². The maximum atomic E-state index is 9.12. The smallest absolute Gasteiger partial charge is 0.0994 e. The Morgan fingerprint density at radius 1 is 1.44 bits per heavy atom. The van der Waals surface area contributed by atoms with Crippen LogP contribution in [0, 0.1) is 17.2 Å². The molecule has 1 aliphatic rings. The molecule has 0 aliphatic carbocycles. The molecular formula is C15H20N2O. The average Bonchev–Trinajstić information content (AvgIpc) is 2.42. The van der Waals surface area contributed by atoms with E-state index >= 15 is 0 Å². The van der Waals surface area contributed by atoms with Gasteiger partial charge in [-0.05, 0) is 31.0 Å². The normalized spacial score (nSPS) is 23.6. The molecule has 0 amide bonds. The fourth-order valence-corrected chi connectivity index (χ4v) is 2.62. The third-order valence-corrected chi connectivity index (χ3v) is 3.56. The van der Waals surface area contributed by atoms with Crippen LogP contribution in [0.15, 0.2) is 24.3 Å². The molecule has 1 N–H and O–H groups in total. The Hall–Kier alpha value is -1.37. The summed E-state index contributed by atoms with van der Waals surface area (Å²) in [6.45, 7) is 4.75. The van der Waals surface area contributed by atoms with E-state index in [2.05, 4.69) is 24.4 Å². The Morgan fingerprint density at radius 3 is 3.06 bits per heavy atom. The van der Waals surface area contributed by atoms with Gasteiger partial charge in [0.1, 0.15) is 0 Å². The van der Waals surface area contributed by atoms with Crippen LogP contribution in [0.5, 0.6) is 0 Å². The van der Waals surface area contributed by atoms with Crippen molar-refractivity contribution in [3.63, 3.8) is 0 Å². The van der Waals surface area contributed by atoms with Gasteiger partial charge >= 0.3 is 0 Å². The molecule has 3 nitrogen and oxygen atoms in total. The van der Waals surface area contributed by atoms with E-state index < -0.39 is 0 Å². The van der Waals surface area contributed by atoms with Gasteiger partial charge in [0, 0.05) is 18.6 Å². The molecule has 0 radical (unpaired) electrons. The molecule has 0 saturated carbocycles. The second kappa shape index (κ2) is 6.53. The summed E-state index contributed by atoms with van der Waals surface area (Å²) in [5.74, 6) is 0.466. The van der Waals surface area contributed by atoms with E-state index in [1.807, 2.05) is 18.2 Å². The zero-order chi connectivity index (χ0) is 12.8. The number of nitrogens with zero attached hydrogens (tertiary/aromatic N) is 1. The van der Waals surface area contributed by atoms with Gasteiger partial charge in [-0.15, -0.1) is 0 Å². The van der Waals surface area contributed by atoms with Gasteiger partial charge in [0.25, 0.3) is 0 Å². The topological polar surface area (TPSA) is 45.0 Å². The quantitative estimate of drug-likeness (QED) is 0.882. The van der Waals surface area contributed by atoms with E-state index in [1.165, 1.54) is 0 Å². The first-order valence-corrected chi connectivity index (χ1v) is 6.64. The van der Waals surface area contributed by atoms with Crippen molar-refractivity contribution in [2.45, 2.75) is 25.8 Å². The zero-order valence-electron chi connectivity index (χ0n) is 10.9. The summed E-state index contributed by atoms with van der Waals surface area (Å²) in [6.07, 6.45) is 1.98. The van der Waals surface area contributed by atoms with E-state index in [0.717, 1.165) is 43.7 Å². The monoisotopic (exact) mass is 244 g/mol. The highest BCUT2D eigenvalue weighted by Gasteiger charge is 2.25. The minimum absolute atomic E-state index is 0.466. The van der Waals surface area contributed by atoms with E-state index in [-0.39, 0.29) is 0 Å². The van der Waals surface area contributed by atoms with E-state index in [9.17, 15) is 0 Å². The van der Waals surface area contributed by atoms with Crippen molar-refractivity contribution in [2.24, 2.45) is 5.92 Å². The molecule has 1 aliphatic heterocycles. The Labute approximate surface area is 109 Å². The summed E-state index contributed by atoms with van der Waals surface area (Å²) >= 11 is 0. The van der Waals surface area contributed by atoms with Crippen LogP contribution in [0.4, 0.5) is 0 Å². The van der Waals surface area contributed by atoms with Gasteiger partial charge in [0.15, 0.2) is 0 Å². The molecule has 0 bridgehead atoms. The van der Waals surface area contributed by atoms with Crippen LogP contribution < -0.4 is 5.32 Å². The summed E-state index contributed by atoms with van der Waals surface area (Å²) in [5, 5.41) is 12.6. The highest BCUT2D eigenvalue weighted by atomic mass is 16.5. The number of nitrogens with one attached hydrogen (secondary N) is 1. The Balaban J connectivity index is 2.09. The van der Waals surface area contributed by atoms with Crippen LogP contribution in [0.2, 0.25) is 0 Å². The Morgan fingerprint density at radius 2 is 2.28 bits per heavy atom. The van der Waals surface area contributed by atoms with Crippen LogP contribution in [0.3, 0.4) is 0 Å². The second-order valence-electron chi connectivity index (χ2n) is 4.76. The van der Waals surface area contributed by atoms with Gasteiger partial charge in [0.05, 0.1) is 18.2 Å². The average molecular weight is 244 g/mol. The van der Waals surface area contributed by atoms with Crippen LogP contribution in [0.25, 0.3) is 0 Å². The Kier molecular flexibility index (Phi) is 4.74. The predicted octanol–water partition coefficient (Wildman–Crippen LogP) is 2.12. The molecule has 96 valence electrons. The summed E-state index contributed by atoms with van der Waals surface area (Å²) in [4.78, 5) is 0. The van der Waals surface area contributed by atoms with Gasteiger partial charge in [-0.3, -0.25) is 0 Å². The lowest BCUT2D eigenvalue weighted by molar-refractivity contribution is 0.0326. The second-order valence-corrected chi connectivity index (χ2v) is 4.76. The number of rotatable bonds is 4. The van der Waals surface area contributed by atoms with Crippen molar-refractivity contribution in [3.8, 4) is 6.07 Å². The van der Waals surface area contributed by atoms with E-state index in [4.69, 9.17) is 10.00 Å². The fraction of sp³-hybridized carbons (Fsp3) is 0.533. The van der Waals surface area contributed by atoms with Crippen molar-refractivity contribution >= 4 is 0 Å². The lowest BCUT2D eigenvalue weighted by Gasteiger charge is -2.32. The fourth-order valence-electron chi connectivity index (χ4n) is 2.62. The van der Waals surface area contributed by atoms with Crippen LogP contribution >= 0.6 is 0 Å². The number of hydrogen-bond acceptors (Lipinski definition) is 3. The number of nitriles is 1. The number of ether oxygens (including phenoxy) is 1. The molecule has 1 aromatic rings. The van der Waals surface area contributed by atoms with Crippen molar-refractivity contribution in [2.75, 3.05) is 19.8 Å². The number of hydrogen-bond donors (Lipinski definition) is 1. The number of benzene rings is 1. The molecule has 2 rings (SSSR count). The maximum Gasteiger partial charge on any atom is 0.0994 e. The third kappa shape index (κ3) is 3.10. The van der Waals surface area contributed by atoms with E-state index in [0.29, 0.717) is 12.0 Å². The minimum atomic E-state index is 0.466. The highest BCUT2D eigenvalue weighted by molar-refractivity contribution is 5.37. The van der Waals surface area contributed by atoms with Crippen molar-refractivity contribution in [3.05, 3.63) is 35.4 Å². The lowest BCUT2D eigenvalue weighted by Crippen LogP contribution is -2.43. The van der Waals surface area contributed by atoms with Crippen molar-refractivity contribution in [1.29, 1.82) is 5.26 Å². The molecular weight excluding hydrogens is 224 g/mol. The largest absolute Gasteiger partial charge is 0.381 e. The zero-order valence-corrected chi connectivity index (χ0v) is 10.9. The molecule has 1 saturated heterocycles. The van der Waals surface area contributed by atoms with Crippen molar-refractivity contribution < 1.29 is 4.74 Å². The molecule has 0 spiro atoms. The van der Waals surface area contributed by atoms with Gasteiger partial charge < -0.3 is 10.1 Å². The maximum absolute atomic E-state index is 9.12. The molecule has 2 atom stereocenters. The predicted molar refractivity (Wildman–Crippen MR) is 71.3 cm³/mol. The van der Waals surface area contributed by atoms with Gasteiger partial charge in [-0.1, -0.05) is 25.1 Å². The van der Waals surface area contributed by atoms with Crippen LogP contribution in [-0.4, -0.2) is 25.8 Å². The Bertz CT molecular complexity index is 423. The van der Waals surface area contributed by atoms with Gasteiger partial charge in [-0.2, -0.15) is 5.26 Å². The van der Waals surface area contributed by atoms with Crippen LogP contribution in [-0.2, 0) is 11.2 Å².